The van der Waals surface area contributed by atoms with Crippen LogP contribution in [0, 0.1) is 6.92 Å². The summed E-state index contributed by atoms with van der Waals surface area (Å²) in [4.78, 5) is 20.9. The Morgan fingerprint density at radius 3 is 2.92 bits per heavy atom. The molecule has 0 bridgehead atoms. The van der Waals surface area contributed by atoms with Gasteiger partial charge in [0, 0.05) is 48.7 Å². The van der Waals surface area contributed by atoms with E-state index in [9.17, 15) is 0 Å². The Balaban J connectivity index is 1.49. The molecule has 4 rings (SSSR count). The first-order chi connectivity index (χ1) is 12.3. The van der Waals surface area contributed by atoms with E-state index in [4.69, 9.17) is 9.72 Å². The third kappa shape index (κ3) is 3.89. The van der Waals surface area contributed by atoms with E-state index in [0.717, 1.165) is 41.6 Å². The first-order valence-corrected chi connectivity index (χ1v) is 9.07. The van der Waals surface area contributed by atoms with Crippen molar-refractivity contribution in [1.82, 2.24) is 24.8 Å². The largest absolute Gasteiger partial charge is 0.369 e. The first-order valence-electron chi connectivity index (χ1n) is 8.25. The van der Waals surface area contributed by atoms with E-state index in [0.29, 0.717) is 6.61 Å². The van der Waals surface area contributed by atoms with Gasteiger partial charge >= 0.3 is 0 Å². The normalized spacial score (nSPS) is 18.4. The lowest BCUT2D eigenvalue weighted by Gasteiger charge is -2.32. The van der Waals surface area contributed by atoms with Gasteiger partial charge in [-0.1, -0.05) is 6.07 Å². The summed E-state index contributed by atoms with van der Waals surface area (Å²) < 4.78 is 5.98. The average Bonchev–Trinajstić information content (AvgIpc) is 3.07. The summed E-state index contributed by atoms with van der Waals surface area (Å²) in [5.74, 6) is 0. The fourth-order valence-electron chi connectivity index (χ4n) is 2.95. The lowest BCUT2D eigenvalue weighted by atomic mass is 10.1. The van der Waals surface area contributed by atoms with E-state index in [1.54, 1.807) is 23.7 Å². The minimum atomic E-state index is -0.0210. The first kappa shape index (κ1) is 16.3. The van der Waals surface area contributed by atoms with Gasteiger partial charge in [-0.2, -0.15) is 0 Å². The second kappa shape index (κ2) is 7.35. The summed E-state index contributed by atoms with van der Waals surface area (Å²) in [6.45, 7) is 5.43. The second-order valence-corrected chi connectivity index (χ2v) is 7.33. The lowest BCUT2D eigenvalue weighted by molar-refractivity contribution is -0.0346. The smallest absolute Gasteiger partial charge is 0.115 e. The van der Waals surface area contributed by atoms with Crippen molar-refractivity contribution in [1.29, 1.82) is 0 Å². The molecule has 128 valence electrons. The van der Waals surface area contributed by atoms with Crippen LogP contribution < -0.4 is 0 Å². The molecule has 1 unspecified atom stereocenters. The van der Waals surface area contributed by atoms with Crippen LogP contribution in [0.4, 0.5) is 0 Å². The number of rotatable bonds is 4. The van der Waals surface area contributed by atoms with E-state index in [1.807, 2.05) is 31.3 Å². The van der Waals surface area contributed by atoms with Crippen molar-refractivity contribution in [3.05, 3.63) is 58.7 Å². The second-order valence-electron chi connectivity index (χ2n) is 6.01. The molecule has 0 N–H and O–H groups in total. The van der Waals surface area contributed by atoms with Crippen LogP contribution in [-0.4, -0.2) is 44.5 Å². The van der Waals surface area contributed by atoms with Crippen molar-refractivity contribution in [2.24, 2.45) is 0 Å². The van der Waals surface area contributed by atoms with Crippen LogP contribution >= 0.6 is 11.3 Å². The van der Waals surface area contributed by atoms with Gasteiger partial charge in [-0.05, 0) is 19.1 Å². The van der Waals surface area contributed by atoms with Gasteiger partial charge in [-0.3, -0.25) is 4.90 Å². The Morgan fingerprint density at radius 2 is 2.12 bits per heavy atom. The molecule has 6 nitrogen and oxygen atoms in total. The lowest BCUT2D eigenvalue weighted by Crippen LogP contribution is -2.37. The topological polar surface area (TPSA) is 64.0 Å². The Bertz CT molecular complexity index is 838. The van der Waals surface area contributed by atoms with Gasteiger partial charge in [-0.15, -0.1) is 11.3 Å². The summed E-state index contributed by atoms with van der Waals surface area (Å²) in [6, 6.07) is 6.01. The van der Waals surface area contributed by atoms with Crippen LogP contribution in [0.3, 0.4) is 0 Å². The zero-order valence-electron chi connectivity index (χ0n) is 14.0. The van der Waals surface area contributed by atoms with Crippen molar-refractivity contribution in [2.45, 2.75) is 19.6 Å². The number of hydrogen-bond donors (Lipinski definition) is 0. The van der Waals surface area contributed by atoms with Crippen LogP contribution in [0.25, 0.3) is 11.3 Å². The molecular weight excluding hydrogens is 334 g/mol. The number of ether oxygens (including phenoxy) is 1. The molecule has 4 heterocycles. The van der Waals surface area contributed by atoms with Crippen LogP contribution in [0.5, 0.6) is 0 Å². The zero-order valence-corrected chi connectivity index (χ0v) is 14.8. The molecule has 25 heavy (non-hydrogen) atoms. The molecule has 1 fully saturated rings. The van der Waals surface area contributed by atoms with E-state index < -0.39 is 0 Å². The van der Waals surface area contributed by atoms with E-state index >= 15 is 0 Å². The van der Waals surface area contributed by atoms with Gasteiger partial charge < -0.3 is 4.74 Å². The van der Waals surface area contributed by atoms with Gasteiger partial charge in [0.1, 0.15) is 12.4 Å². The highest BCUT2D eigenvalue weighted by atomic mass is 32.1. The van der Waals surface area contributed by atoms with Gasteiger partial charge in [0.15, 0.2) is 0 Å². The Kier molecular flexibility index (Phi) is 4.78. The molecular formula is C18H19N5OS. The number of aryl methyl sites for hydroxylation is 1. The van der Waals surface area contributed by atoms with Gasteiger partial charge in [0.25, 0.3) is 0 Å². The highest BCUT2D eigenvalue weighted by Gasteiger charge is 2.23. The molecule has 0 aromatic carbocycles. The Labute approximate surface area is 150 Å². The van der Waals surface area contributed by atoms with Crippen molar-refractivity contribution in [2.75, 3.05) is 19.7 Å². The third-order valence-electron chi connectivity index (χ3n) is 4.16. The maximum atomic E-state index is 5.98. The number of aromatic nitrogens is 4. The van der Waals surface area contributed by atoms with E-state index in [1.165, 1.54) is 11.2 Å². The molecule has 0 amide bonds. The summed E-state index contributed by atoms with van der Waals surface area (Å²) in [5.41, 5.74) is 2.74. The number of morpholine rings is 1. The maximum Gasteiger partial charge on any atom is 0.115 e. The molecule has 3 aromatic heterocycles. The van der Waals surface area contributed by atoms with Gasteiger partial charge in [-0.25, -0.2) is 19.9 Å². The highest BCUT2D eigenvalue weighted by Crippen LogP contribution is 2.25. The van der Waals surface area contributed by atoms with Crippen LogP contribution in [0.1, 0.15) is 21.7 Å². The molecule has 1 aliphatic heterocycles. The number of hydrogen-bond acceptors (Lipinski definition) is 7. The van der Waals surface area contributed by atoms with Gasteiger partial charge in [0.05, 0.1) is 23.0 Å². The van der Waals surface area contributed by atoms with E-state index in [-0.39, 0.29) is 6.10 Å². The SMILES string of the molecule is Cc1ncc(CN2CCOC(c3cccc(-c4cncnc4)n3)C2)s1. The van der Waals surface area contributed by atoms with Crippen molar-refractivity contribution < 1.29 is 4.74 Å². The number of nitrogens with zero attached hydrogens (tertiary/aromatic N) is 5. The van der Waals surface area contributed by atoms with Crippen LogP contribution in [0.15, 0.2) is 43.1 Å². The van der Waals surface area contributed by atoms with E-state index in [2.05, 4.69) is 19.9 Å². The highest BCUT2D eigenvalue weighted by molar-refractivity contribution is 7.11. The predicted octanol–water partition coefficient (Wildman–Crippen LogP) is 2.88. The summed E-state index contributed by atoms with van der Waals surface area (Å²) in [5, 5.41) is 1.11. The summed E-state index contributed by atoms with van der Waals surface area (Å²) >= 11 is 1.76. The average molecular weight is 353 g/mol. The van der Waals surface area contributed by atoms with Crippen LogP contribution in [0.2, 0.25) is 0 Å². The molecule has 1 saturated heterocycles. The van der Waals surface area contributed by atoms with Crippen molar-refractivity contribution >= 4 is 11.3 Å². The third-order valence-corrected chi connectivity index (χ3v) is 5.05. The molecule has 1 atom stereocenters. The minimum absolute atomic E-state index is 0.0210. The quantitative estimate of drug-likeness (QED) is 0.719. The predicted molar refractivity (Wildman–Crippen MR) is 96.1 cm³/mol. The number of thiazole rings is 1. The van der Waals surface area contributed by atoms with Crippen LogP contribution in [-0.2, 0) is 11.3 Å². The fraction of sp³-hybridized carbons (Fsp3) is 0.333. The number of pyridine rings is 1. The molecule has 3 aromatic rings. The molecule has 0 saturated carbocycles. The fourth-order valence-corrected chi connectivity index (χ4v) is 3.78. The minimum Gasteiger partial charge on any atom is -0.369 e. The standard InChI is InChI=1S/C18H19N5OS/c1-13-21-9-15(25-13)10-23-5-6-24-18(11-23)17-4-2-3-16(22-17)14-7-19-12-20-8-14/h2-4,7-9,12,18H,5-6,10-11H2,1H3. The zero-order chi connectivity index (χ0) is 17.1. The van der Waals surface area contributed by atoms with Crippen molar-refractivity contribution in [3.63, 3.8) is 0 Å². The maximum absolute atomic E-state index is 5.98. The Morgan fingerprint density at radius 1 is 1.24 bits per heavy atom. The molecule has 0 radical (unpaired) electrons. The Hall–Kier alpha value is -2.22. The molecule has 1 aliphatic rings. The summed E-state index contributed by atoms with van der Waals surface area (Å²) in [6.07, 6.45) is 7.03. The monoisotopic (exact) mass is 353 g/mol. The van der Waals surface area contributed by atoms with Crippen molar-refractivity contribution in [3.8, 4) is 11.3 Å². The summed E-state index contributed by atoms with van der Waals surface area (Å²) in [7, 11) is 0. The molecule has 0 spiro atoms. The molecule has 7 heteroatoms. The molecule has 0 aliphatic carbocycles. The van der Waals surface area contributed by atoms with Gasteiger partial charge in [0.2, 0.25) is 0 Å².